The number of para-hydroxylation sites is 2. The Bertz CT molecular complexity index is 624. The minimum atomic E-state index is -0.487. The maximum atomic E-state index is 12.7. The van der Waals surface area contributed by atoms with E-state index in [9.17, 15) is 4.79 Å². The topological polar surface area (TPSA) is 29.5 Å². The van der Waals surface area contributed by atoms with Crippen LogP contribution >= 0.6 is 0 Å². The molecular weight excluding hydrogens is 262 g/mol. The summed E-state index contributed by atoms with van der Waals surface area (Å²) in [5.74, 6) is 0.745. The smallest absolute Gasteiger partial charge is 0.267 e. The third kappa shape index (κ3) is 2.92. The molecule has 1 atom stereocenters. The molecule has 0 N–H and O–H groups in total. The third-order valence-corrected chi connectivity index (χ3v) is 3.78. The summed E-state index contributed by atoms with van der Waals surface area (Å²) in [5.41, 5.74) is 2.27. The lowest BCUT2D eigenvalue weighted by Crippen LogP contribution is -2.43. The van der Waals surface area contributed by atoms with E-state index in [0.29, 0.717) is 0 Å². The van der Waals surface area contributed by atoms with Crippen LogP contribution in [-0.2, 0) is 11.2 Å². The molecule has 3 heteroatoms. The molecular formula is C18H19NO2. The van der Waals surface area contributed by atoms with Crippen molar-refractivity contribution in [3.8, 4) is 5.75 Å². The van der Waals surface area contributed by atoms with Gasteiger partial charge in [0.2, 0.25) is 0 Å². The number of aryl methyl sites for hydroxylation is 1. The SMILES string of the molecule is C[C@@H](Oc1ccccc1)C(=O)N1CCCc2ccccc21. The zero-order chi connectivity index (χ0) is 14.7. The predicted octanol–water partition coefficient (Wildman–Crippen LogP) is 3.43. The first-order chi connectivity index (χ1) is 10.3. The number of anilines is 1. The molecule has 0 bridgehead atoms. The quantitative estimate of drug-likeness (QED) is 0.862. The molecule has 0 saturated heterocycles. The molecule has 2 aromatic carbocycles. The molecule has 0 fully saturated rings. The number of hydrogen-bond donors (Lipinski definition) is 0. The molecule has 3 nitrogen and oxygen atoms in total. The summed E-state index contributed by atoms with van der Waals surface area (Å²) in [6.07, 6.45) is 1.55. The highest BCUT2D eigenvalue weighted by molar-refractivity contribution is 5.97. The average molecular weight is 281 g/mol. The zero-order valence-corrected chi connectivity index (χ0v) is 12.2. The zero-order valence-electron chi connectivity index (χ0n) is 12.2. The van der Waals surface area contributed by atoms with Crippen molar-refractivity contribution in [3.05, 3.63) is 60.2 Å². The minimum absolute atomic E-state index is 0.0194. The minimum Gasteiger partial charge on any atom is -0.481 e. The van der Waals surface area contributed by atoms with Crippen LogP contribution in [0.4, 0.5) is 5.69 Å². The number of rotatable bonds is 3. The summed E-state index contributed by atoms with van der Waals surface area (Å²) in [6.45, 7) is 2.57. The van der Waals surface area contributed by atoms with Gasteiger partial charge in [0.1, 0.15) is 5.75 Å². The van der Waals surface area contributed by atoms with Gasteiger partial charge in [0.25, 0.3) is 5.91 Å². The summed E-state index contributed by atoms with van der Waals surface area (Å²) in [7, 11) is 0. The molecule has 0 spiro atoms. The lowest BCUT2D eigenvalue weighted by atomic mass is 10.0. The Morgan fingerprint density at radius 2 is 1.81 bits per heavy atom. The fraction of sp³-hybridized carbons (Fsp3) is 0.278. The second-order valence-electron chi connectivity index (χ2n) is 5.30. The molecule has 21 heavy (non-hydrogen) atoms. The number of carbonyl (C=O) groups is 1. The van der Waals surface area contributed by atoms with E-state index >= 15 is 0 Å². The number of nitrogens with zero attached hydrogens (tertiary/aromatic N) is 1. The lowest BCUT2D eigenvalue weighted by Gasteiger charge is -2.31. The second-order valence-corrected chi connectivity index (χ2v) is 5.30. The van der Waals surface area contributed by atoms with Crippen molar-refractivity contribution in [1.82, 2.24) is 0 Å². The van der Waals surface area contributed by atoms with Gasteiger partial charge in [0.15, 0.2) is 6.10 Å². The van der Waals surface area contributed by atoms with Crippen LogP contribution in [0.15, 0.2) is 54.6 Å². The first kappa shape index (κ1) is 13.7. The van der Waals surface area contributed by atoms with Crippen LogP contribution in [0, 0.1) is 0 Å². The Hall–Kier alpha value is -2.29. The normalized spacial score (nSPS) is 15.2. The van der Waals surface area contributed by atoms with E-state index in [2.05, 4.69) is 6.07 Å². The van der Waals surface area contributed by atoms with E-state index in [0.717, 1.165) is 30.8 Å². The van der Waals surface area contributed by atoms with Crippen LogP contribution in [0.25, 0.3) is 0 Å². The van der Waals surface area contributed by atoms with Gasteiger partial charge in [0, 0.05) is 12.2 Å². The van der Waals surface area contributed by atoms with E-state index in [1.807, 2.05) is 60.4 Å². The van der Waals surface area contributed by atoms with Crippen LogP contribution in [0.2, 0.25) is 0 Å². The van der Waals surface area contributed by atoms with Crippen molar-refractivity contribution in [2.45, 2.75) is 25.9 Å². The Morgan fingerprint density at radius 1 is 1.10 bits per heavy atom. The van der Waals surface area contributed by atoms with Crippen LogP contribution in [0.1, 0.15) is 18.9 Å². The van der Waals surface area contributed by atoms with Crippen LogP contribution in [-0.4, -0.2) is 18.6 Å². The van der Waals surface area contributed by atoms with Gasteiger partial charge in [-0.05, 0) is 43.5 Å². The van der Waals surface area contributed by atoms with Gasteiger partial charge in [0.05, 0.1) is 0 Å². The van der Waals surface area contributed by atoms with E-state index in [1.54, 1.807) is 0 Å². The Kier molecular flexibility index (Phi) is 3.91. The van der Waals surface area contributed by atoms with E-state index in [-0.39, 0.29) is 5.91 Å². The standard InChI is InChI=1S/C18H19NO2/c1-14(21-16-10-3-2-4-11-16)18(20)19-13-7-9-15-8-5-6-12-17(15)19/h2-6,8,10-12,14H,7,9,13H2,1H3/t14-/m1/s1. The molecule has 3 rings (SSSR count). The fourth-order valence-electron chi connectivity index (χ4n) is 2.74. The van der Waals surface area contributed by atoms with Crippen molar-refractivity contribution in [2.24, 2.45) is 0 Å². The monoisotopic (exact) mass is 281 g/mol. The second kappa shape index (κ2) is 6.00. The first-order valence-electron chi connectivity index (χ1n) is 7.37. The Morgan fingerprint density at radius 3 is 2.62 bits per heavy atom. The van der Waals surface area contributed by atoms with Crippen molar-refractivity contribution >= 4 is 11.6 Å². The predicted molar refractivity (Wildman–Crippen MR) is 83.6 cm³/mol. The van der Waals surface area contributed by atoms with Crippen LogP contribution in [0.5, 0.6) is 5.75 Å². The summed E-state index contributed by atoms with van der Waals surface area (Å²) in [5, 5.41) is 0. The molecule has 2 aromatic rings. The van der Waals surface area contributed by atoms with Gasteiger partial charge in [-0.15, -0.1) is 0 Å². The van der Waals surface area contributed by atoms with E-state index in [1.165, 1.54) is 5.56 Å². The molecule has 0 unspecified atom stereocenters. The molecule has 0 aromatic heterocycles. The number of ether oxygens (including phenoxy) is 1. The number of amides is 1. The van der Waals surface area contributed by atoms with Gasteiger partial charge < -0.3 is 9.64 Å². The highest BCUT2D eigenvalue weighted by atomic mass is 16.5. The van der Waals surface area contributed by atoms with Crippen LogP contribution < -0.4 is 9.64 Å². The molecule has 108 valence electrons. The summed E-state index contributed by atoms with van der Waals surface area (Å²) < 4.78 is 5.75. The average Bonchev–Trinajstić information content (AvgIpc) is 2.54. The van der Waals surface area contributed by atoms with Crippen molar-refractivity contribution in [1.29, 1.82) is 0 Å². The first-order valence-corrected chi connectivity index (χ1v) is 7.37. The number of carbonyl (C=O) groups excluding carboxylic acids is 1. The Labute approximate surface area is 125 Å². The largest absolute Gasteiger partial charge is 0.481 e. The number of hydrogen-bond acceptors (Lipinski definition) is 2. The molecule has 0 saturated carbocycles. The van der Waals surface area contributed by atoms with Crippen LogP contribution in [0.3, 0.4) is 0 Å². The Balaban J connectivity index is 1.77. The number of fused-ring (bicyclic) bond motifs is 1. The lowest BCUT2D eigenvalue weighted by molar-refractivity contribution is -0.124. The van der Waals surface area contributed by atoms with Crippen molar-refractivity contribution in [3.63, 3.8) is 0 Å². The summed E-state index contributed by atoms with van der Waals surface area (Å²) in [4.78, 5) is 14.5. The molecule has 1 aliphatic rings. The van der Waals surface area contributed by atoms with Gasteiger partial charge in [-0.2, -0.15) is 0 Å². The fourth-order valence-corrected chi connectivity index (χ4v) is 2.74. The molecule has 1 heterocycles. The molecule has 1 aliphatic heterocycles. The van der Waals surface area contributed by atoms with Gasteiger partial charge in [-0.3, -0.25) is 4.79 Å². The maximum Gasteiger partial charge on any atom is 0.267 e. The van der Waals surface area contributed by atoms with E-state index < -0.39 is 6.10 Å². The third-order valence-electron chi connectivity index (χ3n) is 3.78. The molecule has 0 aliphatic carbocycles. The summed E-state index contributed by atoms with van der Waals surface area (Å²) in [6, 6.07) is 17.6. The van der Waals surface area contributed by atoms with Crippen molar-refractivity contribution < 1.29 is 9.53 Å². The molecule has 1 amide bonds. The van der Waals surface area contributed by atoms with E-state index in [4.69, 9.17) is 4.74 Å². The van der Waals surface area contributed by atoms with Gasteiger partial charge >= 0.3 is 0 Å². The maximum absolute atomic E-state index is 12.7. The highest BCUT2D eigenvalue weighted by Crippen LogP contribution is 2.27. The summed E-state index contributed by atoms with van der Waals surface area (Å²) >= 11 is 0. The highest BCUT2D eigenvalue weighted by Gasteiger charge is 2.27. The van der Waals surface area contributed by atoms with Gasteiger partial charge in [-0.1, -0.05) is 36.4 Å². The van der Waals surface area contributed by atoms with Crippen molar-refractivity contribution in [2.75, 3.05) is 11.4 Å². The number of benzene rings is 2. The van der Waals surface area contributed by atoms with Gasteiger partial charge in [-0.25, -0.2) is 0 Å². The molecule has 0 radical (unpaired) electrons.